The first-order valence-corrected chi connectivity index (χ1v) is 6.15. The van der Waals surface area contributed by atoms with Crippen LogP contribution in [0, 0.1) is 12.3 Å². The van der Waals surface area contributed by atoms with Crippen molar-refractivity contribution in [2.75, 3.05) is 38.5 Å². The van der Waals surface area contributed by atoms with Gasteiger partial charge in [-0.05, 0) is 18.2 Å². The lowest BCUT2D eigenvalue weighted by Crippen LogP contribution is -2.48. The predicted octanol–water partition coefficient (Wildman–Crippen LogP) is 0.365. The summed E-state index contributed by atoms with van der Waals surface area (Å²) in [7, 11) is 0. The summed E-state index contributed by atoms with van der Waals surface area (Å²) < 4.78 is 0. The molecule has 1 saturated heterocycles. The molecule has 1 amide bonds. The third kappa shape index (κ3) is 2.98. The Morgan fingerprint density at radius 1 is 1.37 bits per heavy atom. The number of terminal acetylenes is 1. The van der Waals surface area contributed by atoms with Crippen LogP contribution in [0.25, 0.3) is 0 Å². The van der Waals surface area contributed by atoms with E-state index in [1.165, 1.54) is 12.1 Å². The Morgan fingerprint density at radius 3 is 2.63 bits per heavy atom. The van der Waals surface area contributed by atoms with Crippen LogP contribution in [-0.4, -0.2) is 53.5 Å². The number of carbonyl (C=O) groups is 1. The van der Waals surface area contributed by atoms with Gasteiger partial charge < -0.3 is 15.7 Å². The standard InChI is InChI=1S/C14H17N3O2/c1-2-5-16-6-8-17(9-7-16)14(19)11-3-4-12(15)13(18)10-11/h1,3-4,10,18H,5-9,15H2. The molecule has 0 unspecified atom stereocenters. The zero-order valence-electron chi connectivity index (χ0n) is 10.7. The first kappa shape index (κ1) is 13.2. The van der Waals surface area contributed by atoms with E-state index in [0.29, 0.717) is 25.2 Å². The number of nitrogens with two attached hydrogens (primary N) is 1. The monoisotopic (exact) mass is 259 g/mol. The van der Waals surface area contributed by atoms with Gasteiger partial charge in [0.2, 0.25) is 0 Å². The second-order valence-corrected chi connectivity index (χ2v) is 4.55. The van der Waals surface area contributed by atoms with Gasteiger partial charge in [0, 0.05) is 31.7 Å². The fraction of sp³-hybridized carbons (Fsp3) is 0.357. The van der Waals surface area contributed by atoms with Crippen LogP contribution in [-0.2, 0) is 0 Å². The molecular weight excluding hydrogens is 242 g/mol. The van der Waals surface area contributed by atoms with Crippen molar-refractivity contribution < 1.29 is 9.90 Å². The van der Waals surface area contributed by atoms with Crippen LogP contribution in [0.4, 0.5) is 5.69 Å². The molecule has 0 radical (unpaired) electrons. The molecule has 0 aromatic heterocycles. The highest BCUT2D eigenvalue weighted by atomic mass is 16.3. The minimum atomic E-state index is -0.0874. The summed E-state index contributed by atoms with van der Waals surface area (Å²) in [5.41, 5.74) is 6.25. The minimum Gasteiger partial charge on any atom is -0.506 e. The number of hydrogen-bond acceptors (Lipinski definition) is 4. The number of amides is 1. The molecule has 1 aromatic rings. The topological polar surface area (TPSA) is 69.8 Å². The molecular formula is C14H17N3O2. The minimum absolute atomic E-state index is 0.0585. The first-order chi connectivity index (χ1) is 9.11. The Hall–Kier alpha value is -2.19. The predicted molar refractivity (Wildman–Crippen MR) is 73.7 cm³/mol. The van der Waals surface area contributed by atoms with Gasteiger partial charge in [0.25, 0.3) is 5.91 Å². The molecule has 0 spiro atoms. The summed E-state index contributed by atoms with van der Waals surface area (Å²) in [4.78, 5) is 16.1. The van der Waals surface area contributed by atoms with Gasteiger partial charge in [0.05, 0.1) is 12.2 Å². The molecule has 0 saturated carbocycles. The Bertz CT molecular complexity index is 514. The molecule has 5 nitrogen and oxygen atoms in total. The number of aromatic hydroxyl groups is 1. The lowest BCUT2D eigenvalue weighted by molar-refractivity contribution is 0.0652. The average Bonchev–Trinajstić information content (AvgIpc) is 2.42. The largest absolute Gasteiger partial charge is 0.506 e. The quantitative estimate of drug-likeness (QED) is 0.457. The van der Waals surface area contributed by atoms with Crippen molar-refractivity contribution in [2.24, 2.45) is 0 Å². The zero-order valence-corrected chi connectivity index (χ0v) is 10.7. The highest BCUT2D eigenvalue weighted by molar-refractivity contribution is 5.95. The zero-order chi connectivity index (χ0) is 13.8. The molecule has 100 valence electrons. The lowest BCUT2D eigenvalue weighted by Gasteiger charge is -2.33. The van der Waals surface area contributed by atoms with Crippen molar-refractivity contribution in [3.8, 4) is 18.1 Å². The van der Waals surface area contributed by atoms with Gasteiger partial charge in [-0.25, -0.2) is 0 Å². The van der Waals surface area contributed by atoms with Crippen LogP contribution in [0.2, 0.25) is 0 Å². The van der Waals surface area contributed by atoms with Crippen LogP contribution in [0.1, 0.15) is 10.4 Å². The van der Waals surface area contributed by atoms with Crippen molar-refractivity contribution >= 4 is 11.6 Å². The summed E-state index contributed by atoms with van der Waals surface area (Å²) in [6.07, 6.45) is 5.26. The van der Waals surface area contributed by atoms with Crippen molar-refractivity contribution in [3.63, 3.8) is 0 Å². The number of benzene rings is 1. The number of hydrogen-bond donors (Lipinski definition) is 2. The third-order valence-corrected chi connectivity index (χ3v) is 3.25. The Kier molecular flexibility index (Phi) is 3.93. The van der Waals surface area contributed by atoms with Crippen molar-refractivity contribution in [1.82, 2.24) is 9.80 Å². The fourth-order valence-electron chi connectivity index (χ4n) is 2.10. The second-order valence-electron chi connectivity index (χ2n) is 4.55. The van der Waals surface area contributed by atoms with Gasteiger partial charge in [-0.2, -0.15) is 0 Å². The van der Waals surface area contributed by atoms with E-state index in [1.54, 1.807) is 11.0 Å². The summed E-state index contributed by atoms with van der Waals surface area (Å²) in [5.74, 6) is 2.46. The highest BCUT2D eigenvalue weighted by Crippen LogP contribution is 2.21. The normalized spacial score (nSPS) is 16.1. The molecule has 19 heavy (non-hydrogen) atoms. The molecule has 0 aliphatic carbocycles. The molecule has 1 fully saturated rings. The van der Waals surface area contributed by atoms with Gasteiger partial charge in [0.1, 0.15) is 5.75 Å². The van der Waals surface area contributed by atoms with Gasteiger partial charge in [-0.3, -0.25) is 9.69 Å². The Labute approximate surface area is 112 Å². The molecule has 0 bridgehead atoms. The number of phenols is 1. The number of nitrogen functional groups attached to an aromatic ring is 1. The maximum absolute atomic E-state index is 12.2. The number of phenolic OH excluding ortho intramolecular Hbond substituents is 1. The Morgan fingerprint density at radius 2 is 2.05 bits per heavy atom. The lowest BCUT2D eigenvalue weighted by atomic mass is 10.1. The summed E-state index contributed by atoms with van der Waals surface area (Å²) in [6, 6.07) is 4.58. The van der Waals surface area contributed by atoms with Crippen molar-refractivity contribution in [1.29, 1.82) is 0 Å². The highest BCUT2D eigenvalue weighted by Gasteiger charge is 2.21. The van der Waals surface area contributed by atoms with Crippen LogP contribution in [0.15, 0.2) is 18.2 Å². The summed E-state index contributed by atoms with van der Waals surface area (Å²) in [6.45, 7) is 3.45. The molecule has 1 aliphatic rings. The SMILES string of the molecule is C#CCN1CCN(C(=O)c2ccc(N)c(O)c2)CC1. The smallest absolute Gasteiger partial charge is 0.254 e. The van der Waals surface area contributed by atoms with Crippen LogP contribution >= 0.6 is 0 Å². The van der Waals surface area contributed by atoms with Crippen LogP contribution in [0.3, 0.4) is 0 Å². The van der Waals surface area contributed by atoms with Crippen molar-refractivity contribution in [2.45, 2.75) is 0 Å². The molecule has 1 aromatic carbocycles. The van der Waals surface area contributed by atoms with Gasteiger partial charge >= 0.3 is 0 Å². The van der Waals surface area contributed by atoms with E-state index in [1.807, 2.05) is 0 Å². The van der Waals surface area contributed by atoms with E-state index in [0.717, 1.165) is 13.1 Å². The second kappa shape index (κ2) is 5.63. The number of piperazine rings is 1. The van der Waals surface area contributed by atoms with E-state index >= 15 is 0 Å². The summed E-state index contributed by atoms with van der Waals surface area (Å²) in [5, 5.41) is 9.53. The number of rotatable bonds is 2. The third-order valence-electron chi connectivity index (χ3n) is 3.25. The molecule has 1 aliphatic heterocycles. The van der Waals surface area contributed by atoms with Gasteiger partial charge in [-0.1, -0.05) is 5.92 Å². The maximum atomic E-state index is 12.2. The average molecular weight is 259 g/mol. The molecule has 1 heterocycles. The molecule has 2 rings (SSSR count). The molecule has 3 N–H and O–H groups in total. The number of carbonyl (C=O) groups excluding carboxylic acids is 1. The number of anilines is 1. The van der Waals surface area contributed by atoms with Gasteiger partial charge in [-0.15, -0.1) is 6.42 Å². The van der Waals surface area contributed by atoms with Crippen LogP contribution < -0.4 is 5.73 Å². The van der Waals surface area contributed by atoms with E-state index in [2.05, 4.69) is 10.8 Å². The number of nitrogens with zero attached hydrogens (tertiary/aromatic N) is 2. The van der Waals surface area contributed by atoms with Crippen molar-refractivity contribution in [3.05, 3.63) is 23.8 Å². The van der Waals surface area contributed by atoms with E-state index in [9.17, 15) is 9.90 Å². The van der Waals surface area contributed by atoms with E-state index < -0.39 is 0 Å². The molecule has 0 atom stereocenters. The van der Waals surface area contributed by atoms with E-state index in [-0.39, 0.29) is 17.3 Å². The van der Waals surface area contributed by atoms with Crippen LogP contribution in [0.5, 0.6) is 5.75 Å². The maximum Gasteiger partial charge on any atom is 0.254 e. The Balaban J connectivity index is 2.01. The molecule has 5 heteroatoms. The summed E-state index contributed by atoms with van der Waals surface area (Å²) >= 11 is 0. The van der Waals surface area contributed by atoms with Gasteiger partial charge in [0.15, 0.2) is 0 Å². The first-order valence-electron chi connectivity index (χ1n) is 6.15. The van der Waals surface area contributed by atoms with E-state index in [4.69, 9.17) is 12.2 Å². The fourth-order valence-corrected chi connectivity index (χ4v) is 2.10.